The van der Waals surface area contributed by atoms with Gasteiger partial charge in [-0.25, -0.2) is 14.4 Å². The lowest BCUT2D eigenvalue weighted by molar-refractivity contribution is -0.157. The van der Waals surface area contributed by atoms with Gasteiger partial charge in [-0.15, -0.1) is 0 Å². The van der Waals surface area contributed by atoms with E-state index in [0.717, 1.165) is 5.56 Å². The second-order valence-electron chi connectivity index (χ2n) is 10.1. The molecule has 0 radical (unpaired) electrons. The van der Waals surface area contributed by atoms with Crippen LogP contribution in [0, 0.1) is 0 Å². The van der Waals surface area contributed by atoms with Gasteiger partial charge >= 0.3 is 18.0 Å². The Morgan fingerprint density at radius 3 is 2.17 bits per heavy atom. The van der Waals surface area contributed by atoms with Gasteiger partial charge < -0.3 is 24.3 Å². The van der Waals surface area contributed by atoms with Gasteiger partial charge in [-0.1, -0.05) is 36.4 Å². The molecule has 0 aromatic heterocycles. The molecule has 1 atom stereocenters. The first-order valence-electron chi connectivity index (χ1n) is 12.0. The average Bonchev–Trinajstić information content (AvgIpc) is 2.73. The third kappa shape index (κ3) is 14.2. The maximum absolute atomic E-state index is 12.7. The highest BCUT2D eigenvalue weighted by molar-refractivity contribution is 5.88. The molecule has 8 nitrogen and oxygen atoms in total. The van der Waals surface area contributed by atoms with Crippen molar-refractivity contribution < 1.29 is 33.3 Å². The van der Waals surface area contributed by atoms with E-state index in [1.165, 1.54) is 0 Å². The molecule has 0 bridgehead atoms. The quantitative estimate of drug-likeness (QED) is 0.188. The van der Waals surface area contributed by atoms with Crippen LogP contribution in [-0.2, 0) is 35.1 Å². The summed E-state index contributed by atoms with van der Waals surface area (Å²) in [6.45, 7) is 13.3. The highest BCUT2D eigenvalue weighted by Gasteiger charge is 2.28. The Hall–Kier alpha value is -2.87. The van der Waals surface area contributed by atoms with Crippen molar-refractivity contribution in [3.8, 4) is 0 Å². The fraction of sp³-hybridized carbons (Fsp3) is 0.593. The number of hydrogen-bond acceptors (Lipinski definition) is 7. The zero-order valence-corrected chi connectivity index (χ0v) is 22.1. The van der Waals surface area contributed by atoms with E-state index in [2.05, 4.69) is 5.32 Å². The molecule has 1 amide bonds. The molecule has 0 fully saturated rings. The van der Waals surface area contributed by atoms with Crippen molar-refractivity contribution in [1.82, 2.24) is 5.32 Å². The van der Waals surface area contributed by atoms with E-state index in [9.17, 15) is 14.4 Å². The third-order valence-electron chi connectivity index (χ3n) is 4.37. The van der Waals surface area contributed by atoms with Crippen LogP contribution in [0.2, 0.25) is 0 Å². The first kappa shape index (κ1) is 30.2. The summed E-state index contributed by atoms with van der Waals surface area (Å²) in [4.78, 5) is 37.5. The molecule has 8 heteroatoms. The largest absolute Gasteiger partial charge is 0.463 e. The van der Waals surface area contributed by atoms with Crippen LogP contribution in [0.15, 0.2) is 42.0 Å². The first-order valence-corrected chi connectivity index (χ1v) is 12.0. The molecule has 1 rings (SSSR count). The topological polar surface area (TPSA) is 100 Å². The summed E-state index contributed by atoms with van der Waals surface area (Å²) in [5.41, 5.74) is 0.0139. The Labute approximate surface area is 209 Å². The molecule has 35 heavy (non-hydrogen) atoms. The van der Waals surface area contributed by atoms with Crippen LogP contribution in [0.3, 0.4) is 0 Å². The van der Waals surface area contributed by atoms with Gasteiger partial charge in [-0.05, 0) is 73.3 Å². The lowest BCUT2D eigenvalue weighted by atomic mass is 10.1. The monoisotopic (exact) mass is 491 g/mol. The Morgan fingerprint density at radius 1 is 0.971 bits per heavy atom. The van der Waals surface area contributed by atoms with E-state index in [1.54, 1.807) is 54.5 Å². The normalized spacial score (nSPS) is 13.1. The van der Waals surface area contributed by atoms with Gasteiger partial charge in [0.1, 0.15) is 17.2 Å². The van der Waals surface area contributed by atoms with Gasteiger partial charge in [0.15, 0.2) is 0 Å². The van der Waals surface area contributed by atoms with Crippen molar-refractivity contribution in [3.05, 3.63) is 47.5 Å². The highest BCUT2D eigenvalue weighted by Crippen LogP contribution is 2.15. The standard InChI is InChI=1S/C27H41NO7/c1-8-33-23(29)21(15-12-18-32-19-20-13-10-9-11-14-20)16-17-22(24(30)34-26(2,3)4)28-25(31)35-27(5,6)7/h9-11,13-14,16,22H,8,12,15,17-19H2,1-7H3,(H,28,31)/t22-/m0/s1. The third-order valence-corrected chi connectivity index (χ3v) is 4.37. The van der Waals surface area contributed by atoms with Gasteiger partial charge in [0.2, 0.25) is 0 Å². The molecule has 0 saturated carbocycles. The van der Waals surface area contributed by atoms with Crippen LogP contribution in [0.4, 0.5) is 4.79 Å². The molecular weight excluding hydrogens is 450 g/mol. The summed E-state index contributed by atoms with van der Waals surface area (Å²) in [7, 11) is 0. The minimum absolute atomic E-state index is 0.0488. The van der Waals surface area contributed by atoms with Crippen LogP contribution in [-0.4, -0.2) is 48.5 Å². The van der Waals surface area contributed by atoms with E-state index < -0.39 is 35.3 Å². The van der Waals surface area contributed by atoms with Crippen LogP contribution in [0.1, 0.15) is 73.3 Å². The predicted molar refractivity (Wildman–Crippen MR) is 134 cm³/mol. The van der Waals surface area contributed by atoms with Crippen molar-refractivity contribution >= 4 is 18.0 Å². The van der Waals surface area contributed by atoms with Crippen LogP contribution in [0.5, 0.6) is 0 Å². The molecule has 0 aliphatic rings. The summed E-state index contributed by atoms with van der Waals surface area (Å²) in [6.07, 6.45) is 1.91. The van der Waals surface area contributed by atoms with Gasteiger partial charge in [0.05, 0.1) is 13.2 Å². The smallest absolute Gasteiger partial charge is 0.408 e. The Balaban J connectivity index is 2.84. The minimum atomic E-state index is -1.03. The Morgan fingerprint density at radius 2 is 1.60 bits per heavy atom. The highest BCUT2D eigenvalue weighted by atomic mass is 16.6. The summed E-state index contributed by atoms with van der Waals surface area (Å²) in [5, 5.41) is 2.56. The lowest BCUT2D eigenvalue weighted by Crippen LogP contribution is -2.45. The van der Waals surface area contributed by atoms with Gasteiger partial charge in [0.25, 0.3) is 0 Å². The zero-order valence-electron chi connectivity index (χ0n) is 22.1. The summed E-state index contributed by atoms with van der Waals surface area (Å²) < 4.78 is 21.6. The fourth-order valence-electron chi connectivity index (χ4n) is 2.94. The van der Waals surface area contributed by atoms with Crippen molar-refractivity contribution in [1.29, 1.82) is 0 Å². The average molecular weight is 492 g/mol. The number of carbonyl (C=O) groups is 3. The van der Waals surface area contributed by atoms with Crippen LogP contribution in [0.25, 0.3) is 0 Å². The Bertz CT molecular complexity index is 835. The molecule has 196 valence electrons. The van der Waals surface area contributed by atoms with Crippen molar-refractivity contribution in [2.45, 2.75) is 91.6 Å². The van der Waals surface area contributed by atoms with E-state index in [-0.39, 0.29) is 13.0 Å². The van der Waals surface area contributed by atoms with E-state index in [1.807, 2.05) is 30.3 Å². The number of nitrogens with one attached hydrogen (secondary N) is 1. The predicted octanol–water partition coefficient (Wildman–Crippen LogP) is 5.10. The molecule has 0 aliphatic heterocycles. The molecule has 0 spiro atoms. The number of alkyl carbamates (subject to hydrolysis) is 1. The zero-order chi connectivity index (χ0) is 26.5. The van der Waals surface area contributed by atoms with Gasteiger partial charge in [0, 0.05) is 12.2 Å². The molecular formula is C27H41NO7. The van der Waals surface area contributed by atoms with E-state index in [4.69, 9.17) is 18.9 Å². The summed E-state index contributed by atoms with van der Waals surface area (Å²) in [6, 6.07) is 8.79. The lowest BCUT2D eigenvalue weighted by Gasteiger charge is -2.26. The first-order chi connectivity index (χ1) is 16.3. The van der Waals surface area contributed by atoms with Crippen LogP contribution >= 0.6 is 0 Å². The fourth-order valence-corrected chi connectivity index (χ4v) is 2.94. The Kier molecular flexibility index (Phi) is 12.5. The van der Waals surface area contributed by atoms with Crippen molar-refractivity contribution in [3.63, 3.8) is 0 Å². The molecule has 1 aromatic rings. The molecule has 0 heterocycles. The number of amides is 1. The van der Waals surface area contributed by atoms with Gasteiger partial charge in [-0.3, -0.25) is 0 Å². The number of benzene rings is 1. The molecule has 1 N–H and O–H groups in total. The maximum Gasteiger partial charge on any atom is 0.408 e. The maximum atomic E-state index is 12.7. The number of esters is 2. The van der Waals surface area contributed by atoms with Gasteiger partial charge in [-0.2, -0.15) is 0 Å². The SMILES string of the molecule is CCOC(=O)C(=CC[C@H](NC(=O)OC(C)(C)C)C(=O)OC(C)(C)C)CCCOCc1ccccc1. The summed E-state index contributed by atoms with van der Waals surface area (Å²) in [5.74, 6) is -1.08. The second-order valence-corrected chi connectivity index (χ2v) is 10.1. The molecule has 0 saturated heterocycles. The molecule has 0 aliphatic carbocycles. The summed E-state index contributed by atoms with van der Waals surface area (Å²) >= 11 is 0. The van der Waals surface area contributed by atoms with Crippen LogP contribution < -0.4 is 5.32 Å². The van der Waals surface area contributed by atoms with E-state index >= 15 is 0 Å². The molecule has 1 aromatic carbocycles. The number of carbonyl (C=O) groups excluding carboxylic acids is 3. The van der Waals surface area contributed by atoms with E-state index in [0.29, 0.717) is 31.6 Å². The van der Waals surface area contributed by atoms with Crippen molar-refractivity contribution in [2.24, 2.45) is 0 Å². The number of hydrogen-bond donors (Lipinski definition) is 1. The number of ether oxygens (including phenoxy) is 4. The molecule has 0 unspecified atom stereocenters. The second kappa shape index (κ2) is 14.5. The minimum Gasteiger partial charge on any atom is -0.463 e. The number of rotatable bonds is 12. The van der Waals surface area contributed by atoms with Crippen molar-refractivity contribution in [2.75, 3.05) is 13.2 Å².